The smallest absolute Gasteiger partial charge is 0.325 e. The van der Waals surface area contributed by atoms with Crippen LogP contribution in [0.2, 0.25) is 0 Å². The number of likely N-dealkylation sites (tertiary alicyclic amines) is 1. The number of rotatable bonds is 6. The molecule has 1 aliphatic heterocycles. The SMILES string of the molecule is Cc1cc(Nc2cc(C3CCN(C4CC4)CC3)nc(Sc3ccc4nc(C(F)(F)F)n(C)c4c3)n2)[nH]n1. The fourth-order valence-electron chi connectivity index (χ4n) is 4.98. The van der Waals surface area contributed by atoms with Crippen molar-refractivity contribution >= 4 is 34.4 Å². The average molecular weight is 529 g/mol. The van der Waals surface area contributed by atoms with Crippen LogP contribution in [0.25, 0.3) is 11.0 Å². The first-order valence-corrected chi connectivity index (χ1v) is 13.2. The van der Waals surface area contributed by atoms with Crippen molar-refractivity contribution in [2.75, 3.05) is 18.4 Å². The Morgan fingerprint density at radius 1 is 1.03 bits per heavy atom. The molecule has 0 unspecified atom stereocenters. The number of fused-ring (bicyclic) bond motifs is 1. The summed E-state index contributed by atoms with van der Waals surface area (Å²) in [5.74, 6) is 0.802. The molecule has 2 N–H and O–H groups in total. The van der Waals surface area contributed by atoms with Crippen molar-refractivity contribution in [1.29, 1.82) is 0 Å². The lowest BCUT2D eigenvalue weighted by Crippen LogP contribution is -2.34. The molecule has 194 valence electrons. The third-order valence-electron chi connectivity index (χ3n) is 7.02. The maximum Gasteiger partial charge on any atom is 0.449 e. The number of anilines is 2. The number of halogens is 3. The highest BCUT2D eigenvalue weighted by molar-refractivity contribution is 7.99. The molecule has 4 aromatic rings. The van der Waals surface area contributed by atoms with Crippen LogP contribution in [0.1, 0.15) is 48.8 Å². The Labute approximate surface area is 216 Å². The van der Waals surface area contributed by atoms with Crippen molar-refractivity contribution in [3.8, 4) is 0 Å². The number of aryl methyl sites for hydroxylation is 2. The Kier molecular flexibility index (Phi) is 6.10. The molecule has 0 bridgehead atoms. The summed E-state index contributed by atoms with van der Waals surface area (Å²) in [7, 11) is 1.38. The minimum absolute atomic E-state index is 0.299. The van der Waals surface area contributed by atoms with Gasteiger partial charge in [-0.2, -0.15) is 18.3 Å². The van der Waals surface area contributed by atoms with E-state index in [0.29, 0.717) is 27.9 Å². The molecule has 1 aliphatic carbocycles. The molecular weight excluding hydrogens is 501 g/mol. The van der Waals surface area contributed by atoms with E-state index in [1.807, 2.05) is 19.1 Å². The van der Waals surface area contributed by atoms with Gasteiger partial charge in [0.25, 0.3) is 0 Å². The van der Waals surface area contributed by atoms with Crippen LogP contribution in [-0.4, -0.2) is 53.7 Å². The lowest BCUT2D eigenvalue weighted by molar-refractivity contribution is -0.146. The predicted octanol–water partition coefficient (Wildman–Crippen LogP) is 5.65. The maximum absolute atomic E-state index is 13.3. The second-order valence-corrected chi connectivity index (χ2v) is 10.8. The number of hydrogen-bond donors (Lipinski definition) is 2. The van der Waals surface area contributed by atoms with Gasteiger partial charge in [0, 0.05) is 36.0 Å². The normalized spacial score (nSPS) is 17.5. The van der Waals surface area contributed by atoms with Gasteiger partial charge < -0.3 is 14.8 Å². The van der Waals surface area contributed by atoms with Crippen LogP contribution >= 0.6 is 11.8 Å². The quantitative estimate of drug-likeness (QED) is 0.313. The first-order valence-electron chi connectivity index (χ1n) is 12.4. The number of imidazole rings is 1. The summed E-state index contributed by atoms with van der Waals surface area (Å²) in [5, 5.41) is 11.0. The lowest BCUT2D eigenvalue weighted by atomic mass is 9.93. The van der Waals surface area contributed by atoms with Gasteiger partial charge in [-0.1, -0.05) is 0 Å². The van der Waals surface area contributed by atoms with Gasteiger partial charge >= 0.3 is 6.18 Å². The number of nitrogens with one attached hydrogen (secondary N) is 2. The molecule has 37 heavy (non-hydrogen) atoms. The predicted molar refractivity (Wildman–Crippen MR) is 135 cm³/mol. The molecule has 8 nitrogen and oxygen atoms in total. The first kappa shape index (κ1) is 24.2. The molecule has 0 atom stereocenters. The monoisotopic (exact) mass is 528 g/mol. The van der Waals surface area contributed by atoms with E-state index in [2.05, 4.69) is 25.4 Å². The van der Waals surface area contributed by atoms with Gasteiger partial charge in [-0.05, 0) is 75.7 Å². The highest BCUT2D eigenvalue weighted by atomic mass is 32.2. The van der Waals surface area contributed by atoms with E-state index in [-0.39, 0.29) is 0 Å². The van der Waals surface area contributed by atoms with E-state index in [4.69, 9.17) is 9.97 Å². The fourth-order valence-corrected chi connectivity index (χ4v) is 5.79. The van der Waals surface area contributed by atoms with Crippen molar-refractivity contribution < 1.29 is 13.2 Å². The molecule has 0 amide bonds. The molecule has 2 fully saturated rings. The molecule has 0 radical (unpaired) electrons. The van der Waals surface area contributed by atoms with E-state index >= 15 is 0 Å². The minimum atomic E-state index is -4.51. The van der Waals surface area contributed by atoms with E-state index in [1.54, 1.807) is 18.2 Å². The van der Waals surface area contributed by atoms with Gasteiger partial charge in [0.1, 0.15) is 11.6 Å². The van der Waals surface area contributed by atoms with Gasteiger partial charge in [-0.3, -0.25) is 5.10 Å². The van der Waals surface area contributed by atoms with Crippen molar-refractivity contribution in [3.63, 3.8) is 0 Å². The molecule has 2 aliphatic rings. The van der Waals surface area contributed by atoms with Crippen LogP contribution in [0.15, 0.2) is 40.4 Å². The van der Waals surface area contributed by atoms with Crippen LogP contribution in [0, 0.1) is 6.92 Å². The molecule has 0 spiro atoms. The van der Waals surface area contributed by atoms with Gasteiger partial charge in [-0.15, -0.1) is 0 Å². The van der Waals surface area contributed by atoms with Crippen molar-refractivity contribution in [1.82, 2.24) is 34.6 Å². The largest absolute Gasteiger partial charge is 0.449 e. The highest BCUT2D eigenvalue weighted by Crippen LogP contribution is 2.37. The zero-order valence-corrected chi connectivity index (χ0v) is 21.3. The van der Waals surface area contributed by atoms with E-state index in [0.717, 1.165) is 58.6 Å². The maximum atomic E-state index is 13.3. The van der Waals surface area contributed by atoms with Crippen molar-refractivity contribution in [2.24, 2.45) is 7.05 Å². The Morgan fingerprint density at radius 2 is 1.81 bits per heavy atom. The summed E-state index contributed by atoms with van der Waals surface area (Å²) >= 11 is 1.33. The molecular formula is C25H27F3N8S. The lowest BCUT2D eigenvalue weighted by Gasteiger charge is -2.31. The third-order valence-corrected chi connectivity index (χ3v) is 7.87. The summed E-state index contributed by atoms with van der Waals surface area (Å²) < 4.78 is 41.1. The zero-order chi connectivity index (χ0) is 25.7. The number of benzene rings is 1. The second kappa shape index (κ2) is 9.32. The number of H-pyrrole nitrogens is 1. The molecule has 4 heterocycles. The van der Waals surface area contributed by atoms with Gasteiger partial charge in [0.2, 0.25) is 5.82 Å². The number of hydrogen-bond acceptors (Lipinski definition) is 7. The Balaban J connectivity index is 1.30. The summed E-state index contributed by atoms with van der Waals surface area (Å²) in [5.41, 5.74) is 2.55. The average Bonchev–Trinajstić information content (AvgIpc) is 3.55. The standard InChI is InChI=1S/C25H27F3N8S/c1-14-11-22(34-33-14)31-21-13-19(15-7-9-36(10-8-15)16-3-4-16)30-24(32-21)37-17-5-6-18-20(12-17)35(2)23(29-18)25(26,27)28/h5-6,11-13,15-16H,3-4,7-10H2,1-2H3,(H2,30,31,32,33,34). The number of aromatic nitrogens is 6. The summed E-state index contributed by atoms with van der Waals surface area (Å²) in [6, 6.07) is 9.73. The molecule has 6 rings (SSSR count). The molecule has 3 aromatic heterocycles. The fraction of sp³-hybridized carbons (Fsp3) is 0.440. The topological polar surface area (TPSA) is 87.5 Å². The second-order valence-electron chi connectivity index (χ2n) is 9.79. The van der Waals surface area contributed by atoms with E-state index < -0.39 is 12.0 Å². The Morgan fingerprint density at radius 3 is 2.49 bits per heavy atom. The Hall–Kier alpha value is -3.12. The van der Waals surface area contributed by atoms with Gasteiger partial charge in [0.15, 0.2) is 5.16 Å². The van der Waals surface area contributed by atoms with Crippen LogP contribution in [0.5, 0.6) is 0 Å². The molecule has 1 aromatic carbocycles. The van der Waals surface area contributed by atoms with E-state index in [1.165, 1.54) is 31.7 Å². The van der Waals surface area contributed by atoms with Crippen LogP contribution in [0.4, 0.5) is 24.8 Å². The van der Waals surface area contributed by atoms with Gasteiger partial charge in [0.05, 0.1) is 22.4 Å². The van der Waals surface area contributed by atoms with Gasteiger partial charge in [-0.25, -0.2) is 15.0 Å². The molecule has 12 heteroatoms. The third kappa shape index (κ3) is 5.17. The van der Waals surface area contributed by atoms with Crippen LogP contribution < -0.4 is 5.32 Å². The van der Waals surface area contributed by atoms with Crippen LogP contribution in [0.3, 0.4) is 0 Å². The highest BCUT2D eigenvalue weighted by Gasteiger charge is 2.37. The summed E-state index contributed by atoms with van der Waals surface area (Å²) in [4.78, 5) is 16.7. The van der Waals surface area contributed by atoms with E-state index in [9.17, 15) is 13.2 Å². The van der Waals surface area contributed by atoms with Crippen LogP contribution in [-0.2, 0) is 13.2 Å². The zero-order valence-electron chi connectivity index (χ0n) is 20.5. The van der Waals surface area contributed by atoms with Crippen molar-refractivity contribution in [2.45, 2.75) is 60.8 Å². The first-order chi connectivity index (χ1) is 17.7. The summed E-state index contributed by atoms with van der Waals surface area (Å²) in [6.07, 6.45) is 0.187. The minimum Gasteiger partial charge on any atom is -0.325 e. The summed E-state index contributed by atoms with van der Waals surface area (Å²) in [6.45, 7) is 4.05. The van der Waals surface area contributed by atoms with Crippen molar-refractivity contribution in [3.05, 3.63) is 47.5 Å². The number of nitrogens with zero attached hydrogens (tertiary/aromatic N) is 6. The number of aromatic amines is 1. The molecule has 1 saturated carbocycles. The number of piperidine rings is 1. The molecule has 1 saturated heterocycles. The number of alkyl halides is 3. The Bertz CT molecular complexity index is 1430.